The van der Waals surface area contributed by atoms with Gasteiger partial charge in [0.25, 0.3) is 5.89 Å². The van der Waals surface area contributed by atoms with Crippen LogP contribution in [0.2, 0.25) is 0 Å². The number of nitrogens with one attached hydrogen (secondary N) is 1. The number of carbonyl (C=O) groups is 2. The van der Waals surface area contributed by atoms with Gasteiger partial charge in [-0.25, -0.2) is 14.2 Å². The molecule has 3 aromatic rings. The second kappa shape index (κ2) is 10.6. The number of benzene rings is 2. The lowest BCUT2D eigenvalue weighted by molar-refractivity contribution is 0.0924. The van der Waals surface area contributed by atoms with Gasteiger partial charge in [0.05, 0.1) is 20.4 Å². The first-order valence-corrected chi connectivity index (χ1v) is 11.3. The maximum absolute atomic E-state index is 14.2. The fourth-order valence-electron chi connectivity index (χ4n) is 3.99. The molecular formula is C27H26FN3O6. The molecule has 0 aliphatic heterocycles. The lowest BCUT2D eigenvalue weighted by atomic mass is 10.00. The number of ether oxygens (including phenoxy) is 3. The number of allylic oxidation sites excluding steroid dienone is 2. The molecule has 192 valence electrons. The SMILES string of the molecule is COc1cc(C=C2C(C)=C(CNC(=O)c3ncco3)c3cc(F)ccc32)cc(OC)c1OC(=O)N(C)C. The highest BCUT2D eigenvalue weighted by molar-refractivity contribution is 6.06. The Morgan fingerprint density at radius 1 is 1.11 bits per heavy atom. The second-order valence-corrected chi connectivity index (χ2v) is 8.39. The normalized spacial score (nSPS) is 13.4. The summed E-state index contributed by atoms with van der Waals surface area (Å²) < 4.78 is 35.7. The summed E-state index contributed by atoms with van der Waals surface area (Å²) in [6.07, 6.45) is 4.02. The largest absolute Gasteiger partial charge is 0.493 e. The average Bonchev–Trinajstić information content (AvgIpc) is 3.50. The highest BCUT2D eigenvalue weighted by atomic mass is 19.1. The molecule has 1 aliphatic rings. The summed E-state index contributed by atoms with van der Waals surface area (Å²) >= 11 is 0. The topological polar surface area (TPSA) is 103 Å². The van der Waals surface area contributed by atoms with Gasteiger partial charge in [0, 0.05) is 20.6 Å². The van der Waals surface area contributed by atoms with Crippen molar-refractivity contribution in [1.82, 2.24) is 15.2 Å². The summed E-state index contributed by atoms with van der Waals surface area (Å²) in [6.45, 7) is 2.05. The van der Waals surface area contributed by atoms with Crippen molar-refractivity contribution in [1.29, 1.82) is 0 Å². The lowest BCUT2D eigenvalue weighted by Crippen LogP contribution is -2.25. The van der Waals surface area contributed by atoms with E-state index < -0.39 is 12.0 Å². The van der Waals surface area contributed by atoms with Crippen LogP contribution in [0.15, 0.2) is 52.8 Å². The maximum atomic E-state index is 14.2. The molecule has 0 bridgehead atoms. The van der Waals surface area contributed by atoms with Gasteiger partial charge in [0.2, 0.25) is 5.75 Å². The van der Waals surface area contributed by atoms with Crippen LogP contribution in [0.1, 0.15) is 34.3 Å². The minimum absolute atomic E-state index is 0.0549. The summed E-state index contributed by atoms with van der Waals surface area (Å²) in [6, 6.07) is 7.96. The van der Waals surface area contributed by atoms with E-state index in [1.807, 2.05) is 13.0 Å². The molecule has 0 atom stereocenters. The first kappa shape index (κ1) is 25.5. The molecule has 4 rings (SSSR count). The predicted octanol–water partition coefficient (Wildman–Crippen LogP) is 4.65. The van der Waals surface area contributed by atoms with Gasteiger partial charge in [-0.1, -0.05) is 6.07 Å². The predicted molar refractivity (Wildman–Crippen MR) is 135 cm³/mol. The van der Waals surface area contributed by atoms with E-state index in [4.69, 9.17) is 18.6 Å². The Labute approximate surface area is 213 Å². The third kappa shape index (κ3) is 5.18. The molecule has 2 aromatic carbocycles. The second-order valence-electron chi connectivity index (χ2n) is 8.39. The van der Waals surface area contributed by atoms with Crippen LogP contribution in [0.3, 0.4) is 0 Å². The summed E-state index contributed by atoms with van der Waals surface area (Å²) in [7, 11) is 6.07. The Morgan fingerprint density at radius 2 is 1.81 bits per heavy atom. The van der Waals surface area contributed by atoms with E-state index in [1.165, 1.54) is 43.7 Å². The van der Waals surface area contributed by atoms with E-state index in [-0.39, 0.29) is 24.0 Å². The third-order valence-electron chi connectivity index (χ3n) is 5.85. The number of halogens is 1. The summed E-state index contributed by atoms with van der Waals surface area (Å²) in [5.41, 5.74) is 4.63. The number of methoxy groups -OCH3 is 2. The minimum Gasteiger partial charge on any atom is -0.493 e. The number of carbonyl (C=O) groups excluding carboxylic acids is 2. The van der Waals surface area contributed by atoms with Gasteiger partial charge in [0.15, 0.2) is 11.5 Å². The van der Waals surface area contributed by atoms with Gasteiger partial charge in [-0.3, -0.25) is 4.79 Å². The average molecular weight is 508 g/mol. The number of hydrogen-bond donors (Lipinski definition) is 1. The van der Waals surface area contributed by atoms with Crippen LogP contribution >= 0.6 is 0 Å². The van der Waals surface area contributed by atoms with Crippen molar-refractivity contribution in [3.63, 3.8) is 0 Å². The monoisotopic (exact) mass is 507 g/mol. The van der Waals surface area contributed by atoms with Gasteiger partial charge in [0.1, 0.15) is 12.1 Å². The molecule has 37 heavy (non-hydrogen) atoms. The number of oxazole rings is 1. The Morgan fingerprint density at radius 3 is 2.41 bits per heavy atom. The quantitative estimate of drug-likeness (QED) is 0.497. The lowest BCUT2D eigenvalue weighted by Gasteiger charge is -2.17. The Hall–Kier alpha value is -4.60. The summed E-state index contributed by atoms with van der Waals surface area (Å²) in [5, 5.41) is 2.78. The number of hydrogen-bond acceptors (Lipinski definition) is 7. The molecule has 1 aromatic heterocycles. The van der Waals surface area contributed by atoms with Crippen LogP contribution in [0.5, 0.6) is 17.2 Å². The molecule has 0 radical (unpaired) electrons. The molecule has 0 fully saturated rings. The van der Waals surface area contributed by atoms with Crippen molar-refractivity contribution in [3.8, 4) is 17.2 Å². The Balaban J connectivity index is 1.74. The van der Waals surface area contributed by atoms with Gasteiger partial charge in [-0.05, 0) is 70.7 Å². The van der Waals surface area contributed by atoms with Crippen molar-refractivity contribution in [2.75, 3.05) is 34.9 Å². The van der Waals surface area contributed by atoms with Crippen LogP contribution in [-0.4, -0.2) is 56.7 Å². The molecular weight excluding hydrogens is 481 g/mol. The zero-order chi connectivity index (χ0) is 26.7. The third-order valence-corrected chi connectivity index (χ3v) is 5.85. The van der Waals surface area contributed by atoms with Crippen LogP contribution in [0.25, 0.3) is 17.2 Å². The minimum atomic E-state index is -0.579. The Kier molecular flexibility index (Phi) is 7.28. The fourth-order valence-corrected chi connectivity index (χ4v) is 3.99. The van der Waals surface area contributed by atoms with Gasteiger partial charge in [-0.15, -0.1) is 0 Å². The van der Waals surface area contributed by atoms with Crippen LogP contribution < -0.4 is 19.5 Å². The standard InChI is InChI=1S/C27H26FN3O6/c1-15-19(10-16-11-22(34-4)24(23(12-16)35-5)37-27(33)31(2)3)18-7-6-17(28)13-20(18)21(15)14-30-25(32)26-29-8-9-36-26/h6-13H,14H2,1-5H3,(H,30,32). The van der Waals surface area contributed by atoms with E-state index in [0.29, 0.717) is 22.6 Å². The van der Waals surface area contributed by atoms with E-state index in [9.17, 15) is 14.0 Å². The summed E-state index contributed by atoms with van der Waals surface area (Å²) in [5.74, 6) is -0.155. The maximum Gasteiger partial charge on any atom is 0.414 e. The van der Waals surface area contributed by atoms with Crippen molar-refractivity contribution >= 4 is 29.2 Å². The van der Waals surface area contributed by atoms with E-state index in [0.717, 1.165) is 22.3 Å². The van der Waals surface area contributed by atoms with Crippen molar-refractivity contribution < 1.29 is 32.6 Å². The zero-order valence-corrected chi connectivity index (χ0v) is 21.0. The number of rotatable bonds is 7. The van der Waals surface area contributed by atoms with Gasteiger partial charge in [-0.2, -0.15) is 0 Å². The van der Waals surface area contributed by atoms with Crippen molar-refractivity contribution in [2.24, 2.45) is 0 Å². The van der Waals surface area contributed by atoms with Crippen LogP contribution in [0.4, 0.5) is 9.18 Å². The van der Waals surface area contributed by atoms with E-state index >= 15 is 0 Å². The van der Waals surface area contributed by atoms with Crippen LogP contribution in [0, 0.1) is 5.82 Å². The van der Waals surface area contributed by atoms with Crippen molar-refractivity contribution in [2.45, 2.75) is 6.92 Å². The molecule has 0 saturated heterocycles. The highest BCUT2D eigenvalue weighted by Gasteiger charge is 2.26. The Bertz CT molecular complexity index is 1380. The fraction of sp³-hybridized carbons (Fsp3) is 0.222. The summed E-state index contributed by atoms with van der Waals surface area (Å²) in [4.78, 5) is 29.7. The molecule has 0 unspecified atom stereocenters. The molecule has 2 amide bonds. The first-order valence-electron chi connectivity index (χ1n) is 11.3. The molecule has 0 saturated carbocycles. The molecule has 10 heteroatoms. The highest BCUT2D eigenvalue weighted by Crippen LogP contribution is 2.44. The zero-order valence-electron chi connectivity index (χ0n) is 21.0. The molecule has 1 heterocycles. The number of amides is 2. The van der Waals surface area contributed by atoms with Crippen LogP contribution in [-0.2, 0) is 0 Å². The van der Waals surface area contributed by atoms with Crippen molar-refractivity contribution in [3.05, 3.63) is 76.8 Å². The smallest absolute Gasteiger partial charge is 0.414 e. The van der Waals surface area contributed by atoms with Gasteiger partial charge < -0.3 is 28.8 Å². The van der Waals surface area contributed by atoms with E-state index in [1.54, 1.807) is 32.3 Å². The van der Waals surface area contributed by atoms with Gasteiger partial charge >= 0.3 is 12.0 Å². The number of aromatic nitrogens is 1. The molecule has 9 nitrogen and oxygen atoms in total. The first-order chi connectivity index (χ1) is 17.7. The molecule has 0 spiro atoms. The number of fused-ring (bicyclic) bond motifs is 1. The molecule has 1 N–H and O–H groups in total. The molecule has 1 aliphatic carbocycles. The number of nitrogens with zero attached hydrogens (tertiary/aromatic N) is 2. The van der Waals surface area contributed by atoms with E-state index in [2.05, 4.69) is 10.3 Å².